The van der Waals surface area contributed by atoms with Gasteiger partial charge in [-0.2, -0.15) is 0 Å². The molecule has 1 nitrogen and oxygen atoms in total. The van der Waals surface area contributed by atoms with Gasteiger partial charge in [-0.3, -0.25) is 4.99 Å². The number of rotatable bonds is 4. The zero-order valence-electron chi connectivity index (χ0n) is 10.8. The molecule has 0 bridgehead atoms. The van der Waals surface area contributed by atoms with Crippen molar-refractivity contribution in [3.05, 3.63) is 33.8 Å². The number of thiocarbonyl (C=S) groups is 1. The molecular formula is C14H17Cl2NS. The largest absolute Gasteiger partial charge is 0.287 e. The third kappa shape index (κ3) is 5.94. The number of halogens is 2. The van der Waals surface area contributed by atoms with Crippen molar-refractivity contribution in [1.29, 1.82) is 0 Å². The molecule has 0 atom stereocenters. The smallest absolute Gasteiger partial charge is 0.0702 e. The maximum absolute atomic E-state index is 6.04. The summed E-state index contributed by atoms with van der Waals surface area (Å²) >= 11 is 17.2. The molecule has 1 rings (SSSR count). The highest BCUT2D eigenvalue weighted by Gasteiger charge is 2.12. The maximum atomic E-state index is 6.04. The monoisotopic (exact) mass is 301 g/mol. The lowest BCUT2D eigenvalue weighted by atomic mass is 9.90. The van der Waals surface area contributed by atoms with E-state index in [0.29, 0.717) is 16.6 Å². The van der Waals surface area contributed by atoms with Crippen LogP contribution < -0.4 is 0 Å². The van der Waals surface area contributed by atoms with Gasteiger partial charge in [0.05, 0.1) is 11.6 Å². The van der Waals surface area contributed by atoms with E-state index in [1.807, 2.05) is 6.07 Å². The van der Waals surface area contributed by atoms with Gasteiger partial charge < -0.3 is 0 Å². The molecule has 18 heavy (non-hydrogen) atoms. The Labute approximate surface area is 124 Å². The van der Waals surface area contributed by atoms with Crippen molar-refractivity contribution >= 4 is 46.5 Å². The van der Waals surface area contributed by atoms with E-state index in [-0.39, 0.29) is 5.41 Å². The first-order chi connectivity index (χ1) is 8.28. The molecule has 0 heterocycles. The summed E-state index contributed by atoms with van der Waals surface area (Å²) in [4.78, 5) is 5.28. The lowest BCUT2D eigenvalue weighted by molar-refractivity contribution is 0.435. The van der Waals surface area contributed by atoms with Gasteiger partial charge in [0.15, 0.2) is 0 Å². The molecule has 1 aromatic carbocycles. The van der Waals surface area contributed by atoms with Gasteiger partial charge in [-0.15, -0.1) is 0 Å². The first-order valence-corrected chi connectivity index (χ1v) is 6.91. The highest BCUT2D eigenvalue weighted by atomic mass is 35.5. The van der Waals surface area contributed by atoms with Crippen LogP contribution in [0.5, 0.6) is 0 Å². The van der Waals surface area contributed by atoms with Crippen LogP contribution in [0.4, 0.5) is 0 Å². The quantitative estimate of drug-likeness (QED) is 0.549. The van der Waals surface area contributed by atoms with Crippen molar-refractivity contribution in [3.63, 3.8) is 0 Å². The molecule has 98 valence electrons. The van der Waals surface area contributed by atoms with Gasteiger partial charge >= 0.3 is 0 Å². The molecule has 1 aromatic rings. The highest BCUT2D eigenvalue weighted by molar-refractivity contribution is 7.80. The Hall–Kier alpha value is -0.440. The Morgan fingerprint density at radius 2 is 2.00 bits per heavy atom. The molecule has 0 radical (unpaired) electrons. The second-order valence-corrected chi connectivity index (χ2v) is 6.83. The van der Waals surface area contributed by atoms with Crippen LogP contribution >= 0.6 is 35.4 Å². The molecule has 0 unspecified atom stereocenters. The summed E-state index contributed by atoms with van der Waals surface area (Å²) in [6.45, 7) is 7.06. The first kappa shape index (κ1) is 15.6. The fraction of sp³-hybridized carbons (Fsp3) is 0.429. The van der Waals surface area contributed by atoms with Crippen LogP contribution in [0.2, 0.25) is 10.0 Å². The predicted molar refractivity (Wildman–Crippen MR) is 85.6 cm³/mol. The van der Waals surface area contributed by atoms with E-state index in [1.165, 1.54) is 0 Å². The molecule has 0 N–H and O–H groups in total. The zero-order chi connectivity index (χ0) is 13.8. The van der Waals surface area contributed by atoms with Gasteiger partial charge in [0.25, 0.3) is 0 Å². The normalized spacial score (nSPS) is 12.1. The number of aliphatic imine (C=N–C) groups is 1. The Kier molecular flexibility index (Phi) is 5.77. The van der Waals surface area contributed by atoms with Crippen molar-refractivity contribution in [2.24, 2.45) is 10.4 Å². The van der Waals surface area contributed by atoms with Crippen molar-refractivity contribution in [3.8, 4) is 0 Å². The molecule has 0 fully saturated rings. The van der Waals surface area contributed by atoms with E-state index in [2.05, 4.69) is 25.8 Å². The fourth-order valence-electron chi connectivity index (χ4n) is 1.50. The van der Waals surface area contributed by atoms with Gasteiger partial charge in [-0.1, -0.05) is 62.3 Å². The lowest BCUT2D eigenvalue weighted by Gasteiger charge is -2.17. The molecule has 0 aliphatic rings. The minimum Gasteiger partial charge on any atom is -0.287 e. The molecule has 0 saturated heterocycles. The molecule has 0 amide bonds. The molecule has 0 aliphatic carbocycles. The zero-order valence-corrected chi connectivity index (χ0v) is 13.2. The van der Waals surface area contributed by atoms with Gasteiger partial charge in [0.1, 0.15) is 0 Å². The van der Waals surface area contributed by atoms with Crippen LogP contribution in [0.3, 0.4) is 0 Å². The summed E-state index contributed by atoms with van der Waals surface area (Å²) in [6.07, 6.45) is 2.64. The van der Waals surface area contributed by atoms with Crippen LogP contribution in [0.15, 0.2) is 23.2 Å². The summed E-state index contributed by atoms with van der Waals surface area (Å²) in [6, 6.07) is 5.35. The summed E-state index contributed by atoms with van der Waals surface area (Å²) < 4.78 is 0. The van der Waals surface area contributed by atoms with Crippen LogP contribution in [0.1, 0.15) is 32.8 Å². The Balaban J connectivity index is 2.58. The number of benzene rings is 1. The highest BCUT2D eigenvalue weighted by Crippen LogP contribution is 2.20. The van der Waals surface area contributed by atoms with Gasteiger partial charge in [0, 0.05) is 21.7 Å². The summed E-state index contributed by atoms with van der Waals surface area (Å²) in [5.41, 5.74) is 1.07. The van der Waals surface area contributed by atoms with Crippen LogP contribution in [-0.4, -0.2) is 17.6 Å². The molecule has 4 heteroatoms. The summed E-state index contributed by atoms with van der Waals surface area (Å²) in [5.74, 6) is 0. The third-order valence-electron chi connectivity index (χ3n) is 2.19. The minimum absolute atomic E-state index is 0.213. The minimum atomic E-state index is 0.213. The maximum Gasteiger partial charge on any atom is 0.0702 e. The summed E-state index contributed by atoms with van der Waals surface area (Å²) in [5, 5.41) is 1.23. The van der Waals surface area contributed by atoms with Crippen LogP contribution in [0.25, 0.3) is 0 Å². The molecule has 0 aromatic heterocycles. The second kappa shape index (κ2) is 6.65. The van der Waals surface area contributed by atoms with Crippen LogP contribution in [-0.2, 0) is 0 Å². The van der Waals surface area contributed by atoms with Crippen molar-refractivity contribution in [2.45, 2.75) is 27.2 Å². The molecule has 0 aliphatic heterocycles. The van der Waals surface area contributed by atoms with E-state index in [0.717, 1.165) is 16.8 Å². The number of nitrogens with zero attached hydrogens (tertiary/aromatic N) is 1. The van der Waals surface area contributed by atoms with Crippen molar-refractivity contribution < 1.29 is 0 Å². The topological polar surface area (TPSA) is 12.4 Å². The Morgan fingerprint density at radius 1 is 1.33 bits per heavy atom. The van der Waals surface area contributed by atoms with Gasteiger partial charge in [-0.05, 0) is 24.0 Å². The number of hydrogen-bond donors (Lipinski definition) is 0. The van der Waals surface area contributed by atoms with E-state index in [9.17, 15) is 0 Å². The van der Waals surface area contributed by atoms with Crippen LogP contribution in [0, 0.1) is 5.41 Å². The SMILES string of the molecule is CC(C)(C)CC(=S)CN=Cc1ccc(Cl)cc1Cl. The van der Waals surface area contributed by atoms with E-state index < -0.39 is 0 Å². The average Bonchev–Trinajstić information content (AvgIpc) is 2.18. The average molecular weight is 302 g/mol. The predicted octanol–water partition coefficient (Wildman–Crippen LogP) is 5.22. The Bertz CT molecular complexity index is 461. The molecule has 0 saturated carbocycles. The van der Waals surface area contributed by atoms with Gasteiger partial charge in [-0.25, -0.2) is 0 Å². The van der Waals surface area contributed by atoms with Gasteiger partial charge in [0.2, 0.25) is 0 Å². The standard InChI is InChI=1S/C14H17Cl2NS/c1-14(2,3)7-12(18)9-17-8-10-4-5-11(15)6-13(10)16/h4-6,8H,7,9H2,1-3H3. The number of hydrogen-bond acceptors (Lipinski definition) is 2. The van der Waals surface area contributed by atoms with E-state index in [1.54, 1.807) is 18.3 Å². The Morgan fingerprint density at radius 3 is 2.56 bits per heavy atom. The van der Waals surface area contributed by atoms with E-state index in [4.69, 9.17) is 35.4 Å². The lowest BCUT2D eigenvalue weighted by Crippen LogP contribution is -2.13. The summed E-state index contributed by atoms with van der Waals surface area (Å²) in [7, 11) is 0. The molecular weight excluding hydrogens is 285 g/mol. The van der Waals surface area contributed by atoms with Crippen molar-refractivity contribution in [1.82, 2.24) is 0 Å². The molecule has 0 spiro atoms. The van der Waals surface area contributed by atoms with E-state index >= 15 is 0 Å². The fourth-order valence-corrected chi connectivity index (χ4v) is 2.46. The second-order valence-electron chi connectivity index (χ2n) is 5.41. The third-order valence-corrected chi connectivity index (χ3v) is 3.02. The first-order valence-electron chi connectivity index (χ1n) is 5.74. The van der Waals surface area contributed by atoms with Crippen molar-refractivity contribution in [2.75, 3.05) is 6.54 Å².